The SMILES string of the molecule is Cc1nc2cc(C(C)C)cc(C(F)(F)F)c2o1. The molecule has 17 heavy (non-hydrogen) atoms. The molecular formula is C12H12F3NO. The Kier molecular flexibility index (Phi) is 2.64. The van der Waals surface area contributed by atoms with Crippen LogP contribution < -0.4 is 0 Å². The van der Waals surface area contributed by atoms with Gasteiger partial charge >= 0.3 is 6.18 Å². The van der Waals surface area contributed by atoms with E-state index in [1.165, 1.54) is 6.92 Å². The predicted molar refractivity (Wildman–Crippen MR) is 57.8 cm³/mol. The number of aromatic nitrogens is 1. The zero-order valence-electron chi connectivity index (χ0n) is 9.72. The number of nitrogens with zero attached hydrogens (tertiary/aromatic N) is 1. The summed E-state index contributed by atoms with van der Waals surface area (Å²) in [5.41, 5.74) is -0.0575. The number of fused-ring (bicyclic) bond motifs is 1. The number of rotatable bonds is 1. The highest BCUT2D eigenvalue weighted by atomic mass is 19.4. The first-order valence-electron chi connectivity index (χ1n) is 5.27. The van der Waals surface area contributed by atoms with Crippen LogP contribution in [0.5, 0.6) is 0 Å². The Labute approximate surface area is 96.4 Å². The smallest absolute Gasteiger partial charge is 0.420 e. The van der Waals surface area contributed by atoms with Crippen molar-refractivity contribution in [2.24, 2.45) is 0 Å². The molecule has 0 fully saturated rings. The lowest BCUT2D eigenvalue weighted by Gasteiger charge is -2.11. The maximum absolute atomic E-state index is 12.9. The number of hydrogen-bond acceptors (Lipinski definition) is 2. The second kappa shape index (κ2) is 3.75. The summed E-state index contributed by atoms with van der Waals surface area (Å²) in [5.74, 6) is 0.254. The molecular weight excluding hydrogens is 231 g/mol. The molecule has 0 aliphatic carbocycles. The Balaban J connectivity index is 2.78. The molecule has 0 atom stereocenters. The lowest BCUT2D eigenvalue weighted by Crippen LogP contribution is -2.06. The summed E-state index contributed by atoms with van der Waals surface area (Å²) in [6.07, 6.45) is -4.42. The van der Waals surface area contributed by atoms with Crippen molar-refractivity contribution in [1.82, 2.24) is 4.98 Å². The van der Waals surface area contributed by atoms with Gasteiger partial charge in [0.05, 0.1) is 0 Å². The van der Waals surface area contributed by atoms with Crippen LogP contribution in [0.15, 0.2) is 16.5 Å². The molecule has 0 N–H and O–H groups in total. The molecule has 2 nitrogen and oxygen atoms in total. The van der Waals surface area contributed by atoms with Gasteiger partial charge in [-0.1, -0.05) is 13.8 Å². The molecule has 0 bridgehead atoms. The monoisotopic (exact) mass is 243 g/mol. The van der Waals surface area contributed by atoms with E-state index in [1.54, 1.807) is 6.07 Å². The van der Waals surface area contributed by atoms with Gasteiger partial charge in [-0.3, -0.25) is 0 Å². The van der Waals surface area contributed by atoms with E-state index >= 15 is 0 Å². The zero-order valence-corrected chi connectivity index (χ0v) is 9.72. The highest BCUT2D eigenvalue weighted by Gasteiger charge is 2.35. The number of alkyl halides is 3. The molecule has 0 spiro atoms. The fourth-order valence-corrected chi connectivity index (χ4v) is 1.71. The van der Waals surface area contributed by atoms with Crippen molar-refractivity contribution in [3.8, 4) is 0 Å². The van der Waals surface area contributed by atoms with Crippen molar-refractivity contribution in [2.75, 3.05) is 0 Å². The van der Waals surface area contributed by atoms with E-state index in [-0.39, 0.29) is 22.9 Å². The lowest BCUT2D eigenvalue weighted by molar-refractivity contribution is -0.136. The summed E-state index contributed by atoms with van der Waals surface area (Å²) in [5, 5.41) is 0. The Morgan fingerprint density at radius 3 is 2.41 bits per heavy atom. The summed E-state index contributed by atoms with van der Waals surface area (Å²) < 4.78 is 43.7. The van der Waals surface area contributed by atoms with Gasteiger partial charge in [0.1, 0.15) is 11.1 Å². The summed E-state index contributed by atoms with van der Waals surface area (Å²) >= 11 is 0. The summed E-state index contributed by atoms with van der Waals surface area (Å²) in [6.45, 7) is 5.22. The van der Waals surface area contributed by atoms with E-state index in [9.17, 15) is 13.2 Å². The van der Waals surface area contributed by atoms with Gasteiger partial charge < -0.3 is 4.42 Å². The highest BCUT2D eigenvalue weighted by Crippen LogP contribution is 2.37. The number of hydrogen-bond donors (Lipinski definition) is 0. The number of halogens is 3. The van der Waals surface area contributed by atoms with E-state index in [2.05, 4.69) is 4.98 Å². The number of aryl methyl sites for hydroxylation is 1. The van der Waals surface area contributed by atoms with Crippen LogP contribution in [0.25, 0.3) is 11.1 Å². The van der Waals surface area contributed by atoms with E-state index in [0.717, 1.165) is 6.07 Å². The molecule has 2 rings (SSSR count). The van der Waals surface area contributed by atoms with Crippen molar-refractivity contribution >= 4 is 11.1 Å². The number of oxazole rings is 1. The van der Waals surface area contributed by atoms with Gasteiger partial charge in [-0.15, -0.1) is 0 Å². The second-order valence-electron chi connectivity index (χ2n) is 4.30. The van der Waals surface area contributed by atoms with Crippen molar-refractivity contribution < 1.29 is 17.6 Å². The zero-order chi connectivity index (χ0) is 12.8. The molecule has 0 aliphatic heterocycles. The van der Waals surface area contributed by atoms with Gasteiger partial charge in [0, 0.05) is 6.92 Å². The third-order valence-electron chi connectivity index (χ3n) is 2.59. The highest BCUT2D eigenvalue weighted by molar-refractivity contribution is 5.78. The van der Waals surface area contributed by atoms with Crippen LogP contribution in [0, 0.1) is 6.92 Å². The van der Waals surface area contributed by atoms with Gasteiger partial charge in [-0.05, 0) is 23.6 Å². The average Bonchev–Trinajstić information content (AvgIpc) is 2.54. The quantitative estimate of drug-likeness (QED) is 0.747. The van der Waals surface area contributed by atoms with Gasteiger partial charge in [-0.25, -0.2) is 4.98 Å². The van der Waals surface area contributed by atoms with E-state index < -0.39 is 11.7 Å². The fraction of sp³-hybridized carbons (Fsp3) is 0.417. The first-order chi connectivity index (χ1) is 7.79. The molecule has 0 amide bonds. The van der Waals surface area contributed by atoms with Crippen LogP contribution in [0.4, 0.5) is 13.2 Å². The fourth-order valence-electron chi connectivity index (χ4n) is 1.71. The molecule has 1 aromatic heterocycles. The third kappa shape index (κ3) is 2.14. The largest absolute Gasteiger partial charge is 0.440 e. The van der Waals surface area contributed by atoms with E-state index in [0.29, 0.717) is 5.56 Å². The van der Waals surface area contributed by atoms with Gasteiger partial charge in [0.25, 0.3) is 0 Å². The van der Waals surface area contributed by atoms with Crippen LogP contribution >= 0.6 is 0 Å². The van der Waals surface area contributed by atoms with Crippen molar-refractivity contribution in [3.63, 3.8) is 0 Å². The maximum atomic E-state index is 12.9. The Bertz CT molecular complexity index is 555. The second-order valence-corrected chi connectivity index (χ2v) is 4.30. The first kappa shape index (κ1) is 12.0. The minimum atomic E-state index is -4.42. The normalized spacial score (nSPS) is 12.6. The molecule has 5 heteroatoms. The van der Waals surface area contributed by atoms with Crippen LogP contribution in [0.1, 0.15) is 36.8 Å². The Hall–Kier alpha value is -1.52. The third-order valence-corrected chi connectivity index (χ3v) is 2.59. The summed E-state index contributed by atoms with van der Waals surface area (Å²) in [4.78, 5) is 3.96. The maximum Gasteiger partial charge on any atom is 0.420 e. The topological polar surface area (TPSA) is 26.0 Å². The van der Waals surface area contributed by atoms with Crippen LogP contribution in [-0.2, 0) is 6.18 Å². The molecule has 0 saturated heterocycles. The molecule has 1 aromatic carbocycles. The molecule has 0 saturated carbocycles. The van der Waals surface area contributed by atoms with Gasteiger partial charge in [0.15, 0.2) is 11.5 Å². The van der Waals surface area contributed by atoms with Crippen LogP contribution in [0.3, 0.4) is 0 Å². The minimum Gasteiger partial charge on any atom is -0.440 e. The molecule has 0 radical (unpaired) electrons. The standard InChI is InChI=1S/C12H12F3NO/c1-6(2)8-4-9(12(13,14)15)11-10(5-8)16-7(3)17-11/h4-6H,1-3H3. The van der Waals surface area contributed by atoms with Crippen molar-refractivity contribution in [3.05, 3.63) is 29.2 Å². The Morgan fingerprint density at radius 1 is 1.24 bits per heavy atom. The minimum absolute atomic E-state index is 0.0116. The average molecular weight is 243 g/mol. The van der Waals surface area contributed by atoms with Crippen LogP contribution in [0.2, 0.25) is 0 Å². The van der Waals surface area contributed by atoms with Gasteiger partial charge in [0.2, 0.25) is 0 Å². The van der Waals surface area contributed by atoms with Gasteiger partial charge in [-0.2, -0.15) is 13.2 Å². The van der Waals surface area contributed by atoms with E-state index in [4.69, 9.17) is 4.42 Å². The van der Waals surface area contributed by atoms with Crippen molar-refractivity contribution in [1.29, 1.82) is 0 Å². The molecule has 1 heterocycles. The Morgan fingerprint density at radius 2 is 1.88 bits per heavy atom. The number of benzene rings is 1. The van der Waals surface area contributed by atoms with Crippen LogP contribution in [-0.4, -0.2) is 4.98 Å². The summed E-state index contributed by atoms with van der Waals surface area (Å²) in [6, 6.07) is 2.78. The molecule has 2 aromatic rings. The first-order valence-corrected chi connectivity index (χ1v) is 5.27. The molecule has 0 unspecified atom stereocenters. The van der Waals surface area contributed by atoms with E-state index in [1.807, 2.05) is 13.8 Å². The summed E-state index contributed by atoms with van der Waals surface area (Å²) in [7, 11) is 0. The predicted octanol–water partition coefficient (Wildman–Crippen LogP) is 4.28. The molecule has 92 valence electrons. The van der Waals surface area contributed by atoms with Crippen molar-refractivity contribution in [2.45, 2.75) is 32.9 Å². The molecule has 0 aliphatic rings. The lowest BCUT2D eigenvalue weighted by atomic mass is 9.99.